The molecule has 0 aromatic carbocycles. The van der Waals surface area contributed by atoms with E-state index < -0.39 is 17.7 Å². The monoisotopic (exact) mass is 371 g/mol. The molecular weight excluding hydrogens is 346 g/mol. The van der Waals surface area contributed by atoms with Gasteiger partial charge in [-0.1, -0.05) is 0 Å². The van der Waals surface area contributed by atoms with Gasteiger partial charge in [-0.15, -0.1) is 11.3 Å². The lowest BCUT2D eigenvalue weighted by Gasteiger charge is -2.27. The normalized spacial score (nSPS) is 40.3. The number of hydrogen-bond acceptors (Lipinski definition) is 8. The first-order valence-corrected chi connectivity index (χ1v) is 9.52. The van der Waals surface area contributed by atoms with E-state index in [2.05, 4.69) is 4.98 Å². The standard InChI is InChI=1S/C17H25NO6S/c1-16(2)20-8-11(22-16)12-14-13(23-17(3,4)24-14)10(21-12)7-9(19)15-18-5-6-25-15/h5-6,9-14,19H,7-8H2,1-4H3/t9-,10+,11+,12-,13-,14+/m1/s1. The largest absolute Gasteiger partial charge is 0.386 e. The summed E-state index contributed by atoms with van der Waals surface area (Å²) in [7, 11) is 0. The molecule has 0 unspecified atom stereocenters. The molecule has 1 aromatic heterocycles. The predicted octanol–water partition coefficient (Wildman–Crippen LogP) is 2.01. The number of fused-ring (bicyclic) bond motifs is 1. The van der Waals surface area contributed by atoms with Crippen molar-refractivity contribution in [1.29, 1.82) is 0 Å². The Bertz CT molecular complexity index is 606. The van der Waals surface area contributed by atoms with Gasteiger partial charge in [0.15, 0.2) is 11.6 Å². The molecule has 4 rings (SSSR count). The SMILES string of the molecule is CC1(C)O[C@@H]2[C@H](O1)[C@H](C[C@@H](O)c1nccs1)O[C@@H]2[C@@H]1COC(C)(C)O1. The fraction of sp³-hybridized carbons (Fsp3) is 0.824. The minimum absolute atomic E-state index is 0.220. The maximum absolute atomic E-state index is 10.5. The van der Waals surface area contributed by atoms with Crippen LogP contribution in [0.15, 0.2) is 11.6 Å². The highest BCUT2D eigenvalue weighted by molar-refractivity contribution is 7.09. The van der Waals surface area contributed by atoms with Gasteiger partial charge in [-0.3, -0.25) is 0 Å². The van der Waals surface area contributed by atoms with Crippen LogP contribution in [-0.2, 0) is 23.7 Å². The van der Waals surface area contributed by atoms with E-state index in [-0.39, 0.29) is 30.5 Å². The average Bonchev–Trinajstić information content (AvgIpc) is 3.24. The molecule has 1 N–H and O–H groups in total. The minimum atomic E-state index is -0.686. The molecule has 3 saturated heterocycles. The lowest BCUT2D eigenvalue weighted by molar-refractivity contribution is -0.208. The van der Waals surface area contributed by atoms with Crippen LogP contribution in [0.25, 0.3) is 0 Å². The highest BCUT2D eigenvalue weighted by Crippen LogP contribution is 2.44. The van der Waals surface area contributed by atoms with Gasteiger partial charge in [0.05, 0.1) is 12.7 Å². The molecule has 7 nitrogen and oxygen atoms in total. The van der Waals surface area contributed by atoms with Crippen LogP contribution in [-0.4, -0.2) is 58.8 Å². The van der Waals surface area contributed by atoms with Crippen molar-refractivity contribution in [2.24, 2.45) is 0 Å². The van der Waals surface area contributed by atoms with Gasteiger partial charge in [-0.25, -0.2) is 4.98 Å². The molecule has 3 fully saturated rings. The summed E-state index contributed by atoms with van der Waals surface area (Å²) in [4.78, 5) is 4.18. The number of aliphatic hydroxyl groups is 1. The highest BCUT2D eigenvalue weighted by Gasteiger charge is 2.59. The van der Waals surface area contributed by atoms with Crippen LogP contribution in [0.5, 0.6) is 0 Å². The summed E-state index contributed by atoms with van der Waals surface area (Å²) in [5.41, 5.74) is 0. The van der Waals surface area contributed by atoms with Crippen LogP contribution in [0.2, 0.25) is 0 Å². The lowest BCUT2D eigenvalue weighted by atomic mass is 10.0. The van der Waals surface area contributed by atoms with Crippen molar-refractivity contribution < 1.29 is 28.8 Å². The number of aromatic nitrogens is 1. The van der Waals surface area contributed by atoms with Gasteiger partial charge < -0.3 is 28.8 Å². The molecular formula is C17H25NO6S. The molecule has 0 bridgehead atoms. The van der Waals surface area contributed by atoms with Crippen molar-refractivity contribution in [3.05, 3.63) is 16.6 Å². The summed E-state index contributed by atoms with van der Waals surface area (Å²) >= 11 is 1.43. The number of hydrogen-bond donors (Lipinski definition) is 1. The first-order valence-electron chi connectivity index (χ1n) is 8.64. The van der Waals surface area contributed by atoms with Gasteiger partial charge in [0.2, 0.25) is 0 Å². The molecule has 140 valence electrons. The Hall–Kier alpha value is -0.610. The number of nitrogens with zero attached hydrogens (tertiary/aromatic N) is 1. The van der Waals surface area contributed by atoms with Gasteiger partial charge in [0.25, 0.3) is 0 Å². The Labute approximate surface area is 151 Å². The van der Waals surface area contributed by atoms with E-state index in [1.807, 2.05) is 33.1 Å². The highest BCUT2D eigenvalue weighted by atomic mass is 32.1. The van der Waals surface area contributed by atoms with Crippen molar-refractivity contribution in [1.82, 2.24) is 4.98 Å². The predicted molar refractivity (Wildman–Crippen MR) is 89.1 cm³/mol. The molecule has 0 radical (unpaired) electrons. The van der Waals surface area contributed by atoms with E-state index in [0.29, 0.717) is 18.0 Å². The minimum Gasteiger partial charge on any atom is -0.386 e. The lowest BCUT2D eigenvalue weighted by Crippen LogP contribution is -2.40. The summed E-state index contributed by atoms with van der Waals surface area (Å²) in [6.07, 6.45) is 0.115. The van der Waals surface area contributed by atoms with E-state index >= 15 is 0 Å². The molecule has 1 aromatic rings. The van der Waals surface area contributed by atoms with Gasteiger partial charge in [-0.2, -0.15) is 0 Å². The Morgan fingerprint density at radius 3 is 2.56 bits per heavy atom. The fourth-order valence-corrected chi connectivity index (χ4v) is 4.44. The second kappa shape index (κ2) is 6.23. The maximum atomic E-state index is 10.5. The summed E-state index contributed by atoms with van der Waals surface area (Å²) in [6, 6.07) is 0. The Kier molecular flexibility index (Phi) is 4.43. The van der Waals surface area contributed by atoms with Crippen LogP contribution < -0.4 is 0 Å². The molecule has 8 heteroatoms. The summed E-state index contributed by atoms with van der Waals surface area (Å²) in [6.45, 7) is 8.02. The third-order valence-corrected chi connectivity index (χ3v) is 5.65. The second-order valence-electron chi connectivity index (χ2n) is 7.69. The van der Waals surface area contributed by atoms with Crippen molar-refractivity contribution in [2.75, 3.05) is 6.61 Å². The number of rotatable bonds is 4. The Morgan fingerprint density at radius 2 is 1.92 bits per heavy atom. The fourth-order valence-electron chi connectivity index (χ4n) is 3.80. The molecule has 3 aliphatic heterocycles. The maximum Gasteiger partial charge on any atom is 0.164 e. The van der Waals surface area contributed by atoms with E-state index in [1.165, 1.54) is 11.3 Å². The van der Waals surface area contributed by atoms with Crippen LogP contribution >= 0.6 is 11.3 Å². The van der Waals surface area contributed by atoms with E-state index in [9.17, 15) is 5.11 Å². The molecule has 25 heavy (non-hydrogen) atoms. The molecule has 4 heterocycles. The van der Waals surface area contributed by atoms with Crippen LogP contribution in [0, 0.1) is 0 Å². The zero-order chi connectivity index (χ0) is 17.8. The van der Waals surface area contributed by atoms with Gasteiger partial charge >= 0.3 is 0 Å². The first-order chi connectivity index (χ1) is 11.7. The van der Waals surface area contributed by atoms with Crippen molar-refractivity contribution in [3.8, 4) is 0 Å². The summed E-state index contributed by atoms with van der Waals surface area (Å²) in [5.74, 6) is -1.31. The molecule has 3 aliphatic rings. The van der Waals surface area contributed by atoms with Crippen LogP contribution in [0.3, 0.4) is 0 Å². The molecule has 0 amide bonds. The Morgan fingerprint density at radius 1 is 1.16 bits per heavy atom. The Balaban J connectivity index is 1.50. The second-order valence-corrected chi connectivity index (χ2v) is 8.62. The van der Waals surface area contributed by atoms with Crippen molar-refractivity contribution in [3.63, 3.8) is 0 Å². The zero-order valence-corrected chi connectivity index (χ0v) is 15.7. The summed E-state index contributed by atoms with van der Waals surface area (Å²) in [5, 5.41) is 13.0. The van der Waals surface area contributed by atoms with Crippen molar-refractivity contribution in [2.45, 2.75) is 82.3 Å². The zero-order valence-electron chi connectivity index (χ0n) is 14.9. The van der Waals surface area contributed by atoms with E-state index in [0.717, 1.165) is 0 Å². The van der Waals surface area contributed by atoms with E-state index in [1.54, 1.807) is 6.20 Å². The van der Waals surface area contributed by atoms with Crippen LogP contribution in [0.1, 0.15) is 45.2 Å². The molecule has 0 spiro atoms. The number of aliphatic hydroxyl groups excluding tert-OH is 1. The van der Waals surface area contributed by atoms with Crippen LogP contribution in [0.4, 0.5) is 0 Å². The molecule has 6 atom stereocenters. The van der Waals surface area contributed by atoms with Gasteiger partial charge in [0, 0.05) is 18.0 Å². The quantitative estimate of drug-likeness (QED) is 0.867. The topological polar surface area (TPSA) is 79.3 Å². The van der Waals surface area contributed by atoms with E-state index in [4.69, 9.17) is 23.7 Å². The van der Waals surface area contributed by atoms with Crippen molar-refractivity contribution >= 4 is 11.3 Å². The third-order valence-electron chi connectivity index (χ3n) is 4.77. The smallest absolute Gasteiger partial charge is 0.164 e. The number of thiazole rings is 1. The first kappa shape index (κ1) is 17.8. The van der Waals surface area contributed by atoms with Gasteiger partial charge in [-0.05, 0) is 27.7 Å². The summed E-state index contributed by atoms with van der Waals surface area (Å²) < 4.78 is 30.1. The molecule has 0 aliphatic carbocycles. The van der Waals surface area contributed by atoms with Gasteiger partial charge in [0.1, 0.15) is 35.5 Å². The molecule has 0 saturated carbocycles. The number of ether oxygens (including phenoxy) is 5. The average molecular weight is 371 g/mol. The third kappa shape index (κ3) is 3.49.